The molecule has 2 rings (SSSR count). The summed E-state index contributed by atoms with van der Waals surface area (Å²) < 4.78 is 21.6. The van der Waals surface area contributed by atoms with Gasteiger partial charge in [0.05, 0.1) is 27.0 Å². The molecule has 0 aliphatic carbocycles. The third-order valence-corrected chi connectivity index (χ3v) is 3.89. The molecule has 0 atom stereocenters. The van der Waals surface area contributed by atoms with Crippen LogP contribution in [0.1, 0.15) is 19.4 Å². The van der Waals surface area contributed by atoms with E-state index in [4.69, 9.17) is 18.9 Å². The van der Waals surface area contributed by atoms with Crippen LogP contribution < -0.4 is 24.3 Å². The second kappa shape index (κ2) is 8.44. The van der Waals surface area contributed by atoms with E-state index in [-0.39, 0.29) is 11.7 Å². The molecule has 0 aliphatic rings. The van der Waals surface area contributed by atoms with Crippen molar-refractivity contribution in [3.05, 3.63) is 29.8 Å². The van der Waals surface area contributed by atoms with Gasteiger partial charge in [-0.3, -0.25) is 9.59 Å². The number of carbonyl (C=O) groups is 2. The van der Waals surface area contributed by atoms with Crippen molar-refractivity contribution in [2.45, 2.75) is 20.8 Å². The van der Waals surface area contributed by atoms with Gasteiger partial charge in [-0.25, -0.2) is 0 Å². The highest BCUT2D eigenvalue weighted by Gasteiger charge is 2.20. The van der Waals surface area contributed by atoms with E-state index in [0.29, 0.717) is 22.9 Å². The maximum absolute atomic E-state index is 11.5. The van der Waals surface area contributed by atoms with E-state index in [1.165, 1.54) is 28.1 Å². The van der Waals surface area contributed by atoms with Gasteiger partial charge in [-0.15, -0.1) is 0 Å². The molecule has 0 aromatic heterocycles. The first kappa shape index (κ1) is 20.1. The molecule has 0 heterocycles. The Bertz CT molecular complexity index is 875. The smallest absolute Gasteiger partial charge is 0.308 e. The minimum absolute atomic E-state index is 0.245. The fraction of sp³-hybridized carbons (Fsp3) is 0.300. The molecule has 27 heavy (non-hydrogen) atoms. The lowest BCUT2D eigenvalue weighted by Gasteiger charge is -2.19. The molecule has 1 amide bonds. The molecular formula is C20H23NO6. The van der Waals surface area contributed by atoms with Gasteiger partial charge in [-0.1, -0.05) is 0 Å². The van der Waals surface area contributed by atoms with Crippen molar-refractivity contribution in [3.63, 3.8) is 0 Å². The van der Waals surface area contributed by atoms with Crippen molar-refractivity contribution in [2.75, 3.05) is 26.6 Å². The third kappa shape index (κ3) is 4.31. The summed E-state index contributed by atoms with van der Waals surface area (Å²) in [6.45, 7) is 4.57. The summed E-state index contributed by atoms with van der Waals surface area (Å²) in [7, 11) is 4.61. The van der Waals surface area contributed by atoms with E-state index < -0.39 is 5.97 Å². The van der Waals surface area contributed by atoms with Crippen LogP contribution in [0.15, 0.2) is 24.3 Å². The molecule has 0 radical (unpaired) electrons. The number of carbonyl (C=O) groups excluding carboxylic acids is 2. The minimum Gasteiger partial charge on any atom is -0.493 e. The fourth-order valence-electron chi connectivity index (χ4n) is 2.82. The maximum atomic E-state index is 11.5. The molecule has 0 spiro atoms. The number of aryl methyl sites for hydroxylation is 1. The summed E-state index contributed by atoms with van der Waals surface area (Å²) in [6.07, 6.45) is 0. The first-order valence-corrected chi connectivity index (χ1v) is 8.22. The monoisotopic (exact) mass is 373 g/mol. The van der Waals surface area contributed by atoms with Crippen molar-refractivity contribution in [2.24, 2.45) is 0 Å². The number of hydrogen-bond acceptors (Lipinski definition) is 6. The Kier molecular flexibility index (Phi) is 6.28. The molecular weight excluding hydrogens is 350 g/mol. The van der Waals surface area contributed by atoms with E-state index in [1.807, 2.05) is 13.0 Å². The van der Waals surface area contributed by atoms with Crippen molar-refractivity contribution < 1.29 is 28.5 Å². The summed E-state index contributed by atoms with van der Waals surface area (Å²) in [5.41, 5.74) is 2.76. The van der Waals surface area contributed by atoms with E-state index in [2.05, 4.69) is 5.32 Å². The fourth-order valence-corrected chi connectivity index (χ4v) is 2.82. The topological polar surface area (TPSA) is 83.1 Å². The summed E-state index contributed by atoms with van der Waals surface area (Å²) in [6, 6.07) is 7.03. The summed E-state index contributed by atoms with van der Waals surface area (Å²) in [5.74, 6) is 0.966. The van der Waals surface area contributed by atoms with Crippen LogP contribution in [0.25, 0.3) is 11.1 Å². The summed E-state index contributed by atoms with van der Waals surface area (Å²) >= 11 is 0. The maximum Gasteiger partial charge on any atom is 0.308 e. The number of rotatable bonds is 6. The summed E-state index contributed by atoms with van der Waals surface area (Å²) in [4.78, 5) is 23.0. The average Bonchev–Trinajstić information content (AvgIpc) is 2.61. The molecule has 0 saturated heterocycles. The average molecular weight is 373 g/mol. The van der Waals surface area contributed by atoms with Gasteiger partial charge in [0.2, 0.25) is 11.7 Å². The lowest BCUT2D eigenvalue weighted by atomic mass is 9.97. The molecule has 0 fully saturated rings. The molecule has 0 bridgehead atoms. The normalized spacial score (nSPS) is 10.1. The molecule has 2 aromatic carbocycles. The second-order valence-electron chi connectivity index (χ2n) is 5.82. The lowest BCUT2D eigenvalue weighted by Crippen LogP contribution is -2.10. The van der Waals surface area contributed by atoms with Crippen LogP contribution in [0, 0.1) is 6.92 Å². The molecule has 0 saturated carbocycles. The van der Waals surface area contributed by atoms with Crippen LogP contribution >= 0.6 is 0 Å². The first-order valence-electron chi connectivity index (χ1n) is 8.22. The number of benzene rings is 2. The number of esters is 1. The van der Waals surface area contributed by atoms with Crippen LogP contribution in [-0.4, -0.2) is 33.2 Å². The van der Waals surface area contributed by atoms with Crippen molar-refractivity contribution in [1.82, 2.24) is 0 Å². The number of nitrogens with one attached hydrogen (secondary N) is 1. The number of amides is 1. The SMILES string of the molecule is COc1ccc(-c2cc(OC(C)=O)c(NC(C)=O)cc2C)c(OC)c1OC. The highest BCUT2D eigenvalue weighted by atomic mass is 16.5. The van der Waals surface area contributed by atoms with E-state index >= 15 is 0 Å². The van der Waals surface area contributed by atoms with Gasteiger partial charge >= 0.3 is 5.97 Å². The van der Waals surface area contributed by atoms with Crippen molar-refractivity contribution >= 4 is 17.6 Å². The molecule has 144 valence electrons. The number of methoxy groups -OCH3 is 3. The van der Waals surface area contributed by atoms with Crippen LogP contribution in [0.3, 0.4) is 0 Å². The number of ether oxygens (including phenoxy) is 4. The largest absolute Gasteiger partial charge is 0.493 e. The highest BCUT2D eigenvalue weighted by molar-refractivity contribution is 5.93. The zero-order valence-corrected chi connectivity index (χ0v) is 16.3. The van der Waals surface area contributed by atoms with E-state index in [1.54, 1.807) is 25.3 Å². The Morgan fingerprint density at radius 3 is 2.04 bits per heavy atom. The molecule has 7 heteroatoms. The quantitative estimate of drug-likeness (QED) is 0.616. The standard InChI is InChI=1S/C20H23NO6/c1-11-9-16(21-12(2)22)18(27-13(3)23)10-15(11)14-7-8-17(24-4)20(26-6)19(14)25-5/h7-10H,1-6H3,(H,21,22). The van der Waals surface area contributed by atoms with E-state index in [9.17, 15) is 9.59 Å². The third-order valence-electron chi connectivity index (χ3n) is 3.89. The predicted octanol–water partition coefficient (Wildman–Crippen LogP) is 3.57. The van der Waals surface area contributed by atoms with Gasteiger partial charge in [-0.2, -0.15) is 0 Å². The van der Waals surface area contributed by atoms with Crippen LogP contribution in [0.5, 0.6) is 23.0 Å². The van der Waals surface area contributed by atoms with Gasteiger partial charge in [0.25, 0.3) is 0 Å². The van der Waals surface area contributed by atoms with Crippen molar-refractivity contribution in [3.8, 4) is 34.1 Å². The first-order chi connectivity index (χ1) is 12.8. The molecule has 7 nitrogen and oxygen atoms in total. The van der Waals surface area contributed by atoms with Gasteiger partial charge in [0.15, 0.2) is 17.2 Å². The highest BCUT2D eigenvalue weighted by Crippen LogP contribution is 2.46. The molecule has 2 aromatic rings. The van der Waals surface area contributed by atoms with Gasteiger partial charge in [-0.05, 0) is 42.3 Å². The molecule has 0 aliphatic heterocycles. The zero-order chi connectivity index (χ0) is 20.1. The Hall–Kier alpha value is -3.22. The Labute approximate surface area is 158 Å². The van der Waals surface area contributed by atoms with Crippen molar-refractivity contribution in [1.29, 1.82) is 0 Å². The second-order valence-corrected chi connectivity index (χ2v) is 5.82. The predicted molar refractivity (Wildman–Crippen MR) is 102 cm³/mol. The van der Waals surface area contributed by atoms with Gasteiger partial charge in [0.1, 0.15) is 0 Å². The van der Waals surface area contributed by atoms with E-state index in [0.717, 1.165) is 16.7 Å². The lowest BCUT2D eigenvalue weighted by molar-refractivity contribution is -0.131. The van der Waals surface area contributed by atoms with Crippen LogP contribution in [0.4, 0.5) is 5.69 Å². The van der Waals surface area contributed by atoms with Gasteiger partial charge < -0.3 is 24.3 Å². The van der Waals surface area contributed by atoms with Crippen LogP contribution in [-0.2, 0) is 9.59 Å². The summed E-state index contributed by atoms with van der Waals surface area (Å²) in [5, 5.41) is 2.68. The number of hydrogen-bond donors (Lipinski definition) is 1. The van der Waals surface area contributed by atoms with Gasteiger partial charge in [0, 0.05) is 19.4 Å². The molecule has 0 unspecified atom stereocenters. The minimum atomic E-state index is -0.490. The zero-order valence-electron chi connectivity index (χ0n) is 16.3. The van der Waals surface area contributed by atoms with Crippen LogP contribution in [0.2, 0.25) is 0 Å². The Morgan fingerprint density at radius 1 is 0.852 bits per heavy atom. The number of anilines is 1. The Morgan fingerprint density at radius 2 is 1.52 bits per heavy atom. The molecule has 1 N–H and O–H groups in total. The Balaban J connectivity index is 2.71.